The number of aromatic nitrogens is 1. The molecule has 0 radical (unpaired) electrons. The highest BCUT2D eigenvalue weighted by molar-refractivity contribution is 7.14. The number of Topliss-reactive ketones (excluding diaryl/α,β-unsaturated/α-hetero) is 1. The number of non-ortho nitro benzene ring substituents is 1. The molecule has 150 valence electrons. The maximum atomic E-state index is 14.6. The van der Waals surface area contributed by atoms with Crippen molar-refractivity contribution in [3.63, 3.8) is 0 Å². The lowest BCUT2D eigenvalue weighted by Crippen LogP contribution is -2.29. The van der Waals surface area contributed by atoms with Gasteiger partial charge in [-0.05, 0) is 18.2 Å². The number of hydrogen-bond acceptors (Lipinski definition) is 7. The standard InChI is InChI=1S/C20H12FN3O5S/c21-14-4-2-1-3-13(14)16-15(17(25)11-5-7-12(8-6-11)24(28)29)18(26)19(27)23(16)20-22-9-10-30-20/h1-10,16,25H/b17-15-. The average molecular weight is 425 g/mol. The van der Waals surface area contributed by atoms with Gasteiger partial charge in [-0.3, -0.25) is 24.6 Å². The van der Waals surface area contributed by atoms with E-state index in [1.165, 1.54) is 36.5 Å². The molecule has 0 bridgehead atoms. The highest BCUT2D eigenvalue weighted by Crippen LogP contribution is 2.43. The number of hydrogen-bond donors (Lipinski definition) is 1. The van der Waals surface area contributed by atoms with E-state index >= 15 is 0 Å². The van der Waals surface area contributed by atoms with Crippen LogP contribution in [0.5, 0.6) is 0 Å². The molecule has 3 aromatic rings. The molecular formula is C20H12FN3O5S. The van der Waals surface area contributed by atoms with Crippen LogP contribution in [0.25, 0.3) is 5.76 Å². The third-order valence-corrected chi connectivity index (χ3v) is 5.39. The lowest BCUT2D eigenvalue weighted by Gasteiger charge is -2.23. The van der Waals surface area contributed by atoms with Crippen LogP contribution >= 0.6 is 11.3 Å². The molecule has 1 aliphatic heterocycles. The molecule has 1 aromatic heterocycles. The molecule has 10 heteroatoms. The average Bonchev–Trinajstić information content (AvgIpc) is 3.35. The molecule has 0 spiro atoms. The third-order valence-electron chi connectivity index (χ3n) is 4.62. The maximum absolute atomic E-state index is 14.6. The van der Waals surface area contributed by atoms with Crippen molar-refractivity contribution in [1.29, 1.82) is 0 Å². The molecule has 1 aliphatic rings. The molecule has 1 atom stereocenters. The molecule has 1 amide bonds. The topological polar surface area (TPSA) is 114 Å². The molecule has 8 nitrogen and oxygen atoms in total. The molecule has 1 fully saturated rings. The van der Waals surface area contributed by atoms with E-state index < -0.39 is 34.2 Å². The first kappa shape index (κ1) is 19.4. The van der Waals surface area contributed by atoms with Crippen LogP contribution in [0.2, 0.25) is 0 Å². The number of nitro groups is 1. The molecule has 2 aromatic carbocycles. The number of rotatable bonds is 4. The molecular weight excluding hydrogens is 413 g/mol. The van der Waals surface area contributed by atoms with E-state index in [2.05, 4.69) is 4.98 Å². The first-order chi connectivity index (χ1) is 14.4. The third kappa shape index (κ3) is 3.12. The first-order valence-corrected chi connectivity index (χ1v) is 9.48. The fraction of sp³-hybridized carbons (Fsp3) is 0.0500. The van der Waals surface area contributed by atoms with Crippen LogP contribution in [0.4, 0.5) is 15.2 Å². The van der Waals surface area contributed by atoms with Gasteiger partial charge in [-0.1, -0.05) is 18.2 Å². The number of anilines is 1. The van der Waals surface area contributed by atoms with Gasteiger partial charge in [0.05, 0.1) is 10.5 Å². The largest absolute Gasteiger partial charge is 0.507 e. The van der Waals surface area contributed by atoms with E-state index in [0.29, 0.717) is 0 Å². The van der Waals surface area contributed by atoms with Gasteiger partial charge in [0.25, 0.3) is 11.5 Å². The van der Waals surface area contributed by atoms with Gasteiger partial charge in [-0.25, -0.2) is 9.37 Å². The van der Waals surface area contributed by atoms with Crippen LogP contribution in [0.3, 0.4) is 0 Å². The second-order valence-corrected chi connectivity index (χ2v) is 7.18. The van der Waals surface area contributed by atoms with Crippen LogP contribution in [-0.4, -0.2) is 26.7 Å². The molecule has 1 N–H and O–H groups in total. The van der Waals surface area contributed by atoms with Gasteiger partial charge in [-0.15, -0.1) is 11.3 Å². The fourth-order valence-electron chi connectivity index (χ4n) is 3.25. The van der Waals surface area contributed by atoms with E-state index in [4.69, 9.17) is 0 Å². The van der Waals surface area contributed by atoms with Crippen LogP contribution in [-0.2, 0) is 9.59 Å². The highest BCUT2D eigenvalue weighted by atomic mass is 32.1. The Kier molecular flexibility index (Phi) is 4.84. The number of amides is 1. The van der Waals surface area contributed by atoms with Crippen molar-refractivity contribution >= 4 is 39.6 Å². The first-order valence-electron chi connectivity index (χ1n) is 8.60. The summed E-state index contributed by atoms with van der Waals surface area (Å²) < 4.78 is 14.6. The van der Waals surface area contributed by atoms with E-state index in [0.717, 1.165) is 28.4 Å². The Morgan fingerprint density at radius 3 is 2.47 bits per heavy atom. The van der Waals surface area contributed by atoms with E-state index in [1.807, 2.05) is 0 Å². The van der Waals surface area contributed by atoms with Crippen molar-refractivity contribution in [2.24, 2.45) is 0 Å². The van der Waals surface area contributed by atoms with Gasteiger partial charge in [0.15, 0.2) is 5.13 Å². The molecule has 0 saturated carbocycles. The molecule has 0 aliphatic carbocycles. The number of carbonyl (C=O) groups is 2. The molecule has 30 heavy (non-hydrogen) atoms. The number of aliphatic hydroxyl groups is 1. The Bertz CT molecular complexity index is 1190. The SMILES string of the molecule is O=C1C(=O)N(c2nccs2)C(c2ccccc2F)/C1=C(/O)c1ccc([N+](=O)[O-])cc1. The van der Waals surface area contributed by atoms with Crippen molar-refractivity contribution in [1.82, 2.24) is 4.98 Å². The van der Waals surface area contributed by atoms with Crippen LogP contribution in [0, 0.1) is 15.9 Å². The Morgan fingerprint density at radius 2 is 1.87 bits per heavy atom. The zero-order chi connectivity index (χ0) is 21.4. The normalized spacial score (nSPS) is 18.0. The molecule has 1 unspecified atom stereocenters. The van der Waals surface area contributed by atoms with E-state index in [9.17, 15) is 29.2 Å². The Hall–Kier alpha value is -3.92. The summed E-state index contributed by atoms with van der Waals surface area (Å²) >= 11 is 1.09. The monoisotopic (exact) mass is 425 g/mol. The van der Waals surface area contributed by atoms with Crippen molar-refractivity contribution in [3.05, 3.63) is 92.7 Å². The van der Waals surface area contributed by atoms with Gasteiger partial charge in [0.1, 0.15) is 17.6 Å². The van der Waals surface area contributed by atoms with Crippen LogP contribution in [0.15, 0.2) is 65.7 Å². The van der Waals surface area contributed by atoms with Gasteiger partial charge in [0, 0.05) is 34.8 Å². The molecule has 1 saturated heterocycles. The predicted molar refractivity (Wildman–Crippen MR) is 106 cm³/mol. The van der Waals surface area contributed by atoms with E-state index in [-0.39, 0.29) is 27.5 Å². The summed E-state index contributed by atoms with van der Waals surface area (Å²) in [4.78, 5) is 41.0. The Balaban J connectivity index is 1.93. The van der Waals surface area contributed by atoms with Gasteiger partial charge >= 0.3 is 5.91 Å². The fourth-order valence-corrected chi connectivity index (χ4v) is 3.92. The zero-order valence-corrected chi connectivity index (χ0v) is 15.9. The van der Waals surface area contributed by atoms with E-state index in [1.54, 1.807) is 11.4 Å². The number of nitro benzene ring substituents is 1. The lowest BCUT2D eigenvalue weighted by atomic mass is 9.95. The summed E-state index contributed by atoms with van der Waals surface area (Å²) in [6.45, 7) is 0. The number of thiazole rings is 1. The second kappa shape index (κ2) is 7.48. The zero-order valence-electron chi connectivity index (χ0n) is 15.1. The number of carbonyl (C=O) groups excluding carboxylic acids is 2. The van der Waals surface area contributed by atoms with Gasteiger partial charge in [0.2, 0.25) is 0 Å². The van der Waals surface area contributed by atoms with Crippen molar-refractivity contribution < 1.29 is 24.0 Å². The quantitative estimate of drug-likeness (QED) is 0.224. The highest BCUT2D eigenvalue weighted by Gasteiger charge is 2.48. The minimum absolute atomic E-state index is 0.00959. The summed E-state index contributed by atoms with van der Waals surface area (Å²) in [7, 11) is 0. The van der Waals surface area contributed by atoms with Crippen LogP contribution < -0.4 is 4.90 Å². The smallest absolute Gasteiger partial charge is 0.301 e. The van der Waals surface area contributed by atoms with Gasteiger partial charge < -0.3 is 5.11 Å². The number of ketones is 1. The number of nitrogens with zero attached hydrogens (tertiary/aromatic N) is 3. The number of halogens is 1. The predicted octanol–water partition coefficient (Wildman–Crippen LogP) is 3.82. The maximum Gasteiger partial charge on any atom is 0.301 e. The molecule has 4 rings (SSSR count). The molecule has 2 heterocycles. The number of aliphatic hydroxyl groups excluding tert-OH is 1. The second-order valence-electron chi connectivity index (χ2n) is 6.31. The summed E-state index contributed by atoms with van der Waals surface area (Å²) in [5.74, 6) is -3.19. The lowest BCUT2D eigenvalue weighted by molar-refractivity contribution is -0.384. The van der Waals surface area contributed by atoms with Crippen molar-refractivity contribution in [3.8, 4) is 0 Å². The van der Waals surface area contributed by atoms with Crippen LogP contribution in [0.1, 0.15) is 17.2 Å². The minimum atomic E-state index is -1.24. The Morgan fingerprint density at radius 1 is 1.17 bits per heavy atom. The summed E-state index contributed by atoms with van der Waals surface area (Å²) in [5, 5.41) is 23.5. The van der Waals surface area contributed by atoms with Gasteiger partial charge in [-0.2, -0.15) is 0 Å². The van der Waals surface area contributed by atoms with Crippen molar-refractivity contribution in [2.45, 2.75) is 6.04 Å². The minimum Gasteiger partial charge on any atom is -0.507 e. The van der Waals surface area contributed by atoms with Crippen molar-refractivity contribution in [2.75, 3.05) is 4.90 Å². The summed E-state index contributed by atoms with van der Waals surface area (Å²) in [6, 6.07) is 9.18. The summed E-state index contributed by atoms with van der Waals surface area (Å²) in [5.41, 5.74) is -0.441. The number of benzene rings is 2. The summed E-state index contributed by atoms with van der Waals surface area (Å²) in [6.07, 6.45) is 1.44. The Labute approximate surface area is 172 Å².